The van der Waals surface area contributed by atoms with E-state index in [1.165, 1.54) is 12.1 Å². The molecule has 6 nitrogen and oxygen atoms in total. The molecular weight excluding hydrogens is 246 g/mol. The van der Waals surface area contributed by atoms with Gasteiger partial charge in [0.05, 0.1) is 27.5 Å². The first kappa shape index (κ1) is 11.2. The molecule has 1 amide bonds. The van der Waals surface area contributed by atoms with Crippen LogP contribution in [0.25, 0.3) is 0 Å². The van der Waals surface area contributed by atoms with E-state index in [2.05, 4.69) is 10.6 Å². The molecule has 0 fully saturated rings. The summed E-state index contributed by atoms with van der Waals surface area (Å²) in [6, 6.07) is 11.4. The van der Waals surface area contributed by atoms with Gasteiger partial charge in [0, 0.05) is 12.1 Å². The summed E-state index contributed by atoms with van der Waals surface area (Å²) < 4.78 is 0. The maximum Gasteiger partial charge on any atom is 0.271 e. The third-order valence-electron chi connectivity index (χ3n) is 2.90. The Hall–Kier alpha value is -2.89. The number of hydrogen-bond donors (Lipinski definition) is 2. The van der Waals surface area contributed by atoms with Crippen LogP contribution in [-0.2, 0) is 0 Å². The fraction of sp³-hybridized carbons (Fsp3) is 0. The van der Waals surface area contributed by atoms with Gasteiger partial charge in [0.1, 0.15) is 0 Å². The van der Waals surface area contributed by atoms with Crippen molar-refractivity contribution in [3.63, 3.8) is 0 Å². The molecule has 2 N–H and O–H groups in total. The molecule has 0 bridgehead atoms. The van der Waals surface area contributed by atoms with Gasteiger partial charge in [0.2, 0.25) is 0 Å². The second-order valence-corrected chi connectivity index (χ2v) is 4.11. The minimum absolute atomic E-state index is 0.0631. The molecule has 0 aromatic heterocycles. The van der Waals surface area contributed by atoms with E-state index in [-0.39, 0.29) is 11.6 Å². The predicted molar refractivity (Wildman–Crippen MR) is 70.8 cm³/mol. The standard InChI is InChI=1S/C13H9N3O3/c17-13-9-3-1-2-4-10(9)14-11-6-5-8(16(18)19)7-12(11)15-13/h1-7,14H,(H,15,17). The molecule has 19 heavy (non-hydrogen) atoms. The zero-order chi connectivity index (χ0) is 13.4. The molecule has 0 spiro atoms. The number of carbonyl (C=O) groups is 1. The number of non-ortho nitro benzene ring substituents is 1. The topological polar surface area (TPSA) is 84.3 Å². The molecule has 94 valence electrons. The summed E-state index contributed by atoms with van der Waals surface area (Å²) in [6.07, 6.45) is 0. The summed E-state index contributed by atoms with van der Waals surface area (Å²) >= 11 is 0. The van der Waals surface area contributed by atoms with Crippen LogP contribution in [0.2, 0.25) is 0 Å². The molecule has 1 heterocycles. The average Bonchev–Trinajstić information content (AvgIpc) is 2.54. The lowest BCUT2D eigenvalue weighted by Gasteiger charge is -2.07. The van der Waals surface area contributed by atoms with Gasteiger partial charge in [-0.15, -0.1) is 0 Å². The van der Waals surface area contributed by atoms with E-state index in [9.17, 15) is 14.9 Å². The molecule has 0 aliphatic carbocycles. The van der Waals surface area contributed by atoms with Crippen molar-refractivity contribution in [3.8, 4) is 0 Å². The monoisotopic (exact) mass is 255 g/mol. The van der Waals surface area contributed by atoms with Gasteiger partial charge in [-0.3, -0.25) is 14.9 Å². The summed E-state index contributed by atoms with van der Waals surface area (Å²) in [4.78, 5) is 22.3. The Morgan fingerprint density at radius 1 is 0.947 bits per heavy atom. The second-order valence-electron chi connectivity index (χ2n) is 4.11. The Labute approximate surface area is 108 Å². The summed E-state index contributed by atoms with van der Waals surface area (Å²) in [5.41, 5.74) is 2.14. The van der Waals surface area contributed by atoms with E-state index >= 15 is 0 Å². The molecule has 0 radical (unpaired) electrons. The van der Waals surface area contributed by atoms with Crippen molar-refractivity contribution in [1.82, 2.24) is 0 Å². The molecule has 0 saturated heterocycles. The number of nitro benzene ring substituents is 1. The van der Waals surface area contributed by atoms with E-state index < -0.39 is 4.92 Å². The highest BCUT2D eigenvalue weighted by molar-refractivity contribution is 6.12. The Balaban J connectivity index is 2.12. The smallest absolute Gasteiger partial charge is 0.271 e. The summed E-state index contributed by atoms with van der Waals surface area (Å²) in [5, 5.41) is 16.5. The van der Waals surface area contributed by atoms with Gasteiger partial charge in [-0.05, 0) is 18.2 Å². The van der Waals surface area contributed by atoms with Gasteiger partial charge in [0.15, 0.2) is 0 Å². The minimum Gasteiger partial charge on any atom is -0.353 e. The number of para-hydroxylation sites is 1. The van der Waals surface area contributed by atoms with E-state index in [0.717, 1.165) is 0 Å². The minimum atomic E-state index is -0.496. The Bertz CT molecular complexity index is 697. The van der Waals surface area contributed by atoms with Gasteiger partial charge < -0.3 is 10.6 Å². The number of hydrogen-bond acceptors (Lipinski definition) is 4. The zero-order valence-electron chi connectivity index (χ0n) is 9.71. The number of nitrogens with zero attached hydrogens (tertiary/aromatic N) is 1. The summed E-state index contributed by atoms with van der Waals surface area (Å²) in [5.74, 6) is -0.289. The molecule has 0 atom stereocenters. The third-order valence-corrected chi connectivity index (χ3v) is 2.90. The normalized spacial score (nSPS) is 12.5. The number of carbonyl (C=O) groups excluding carboxylic acids is 1. The first-order valence-electron chi connectivity index (χ1n) is 5.61. The number of nitrogens with one attached hydrogen (secondary N) is 2. The number of rotatable bonds is 1. The Morgan fingerprint density at radius 2 is 1.74 bits per heavy atom. The van der Waals surface area contributed by atoms with Crippen molar-refractivity contribution in [2.75, 3.05) is 10.6 Å². The first-order chi connectivity index (χ1) is 9.15. The predicted octanol–water partition coefficient (Wildman–Crippen LogP) is 2.90. The fourth-order valence-corrected chi connectivity index (χ4v) is 1.98. The molecule has 0 unspecified atom stereocenters. The van der Waals surface area contributed by atoms with Crippen molar-refractivity contribution in [2.24, 2.45) is 0 Å². The number of fused-ring (bicyclic) bond motifs is 2. The Morgan fingerprint density at radius 3 is 2.53 bits per heavy atom. The number of anilines is 3. The summed E-state index contributed by atoms with van der Waals surface area (Å²) in [7, 11) is 0. The van der Waals surface area contributed by atoms with Crippen molar-refractivity contribution >= 4 is 28.7 Å². The number of benzene rings is 2. The molecule has 0 saturated carbocycles. The van der Waals surface area contributed by atoms with Crippen molar-refractivity contribution < 1.29 is 9.72 Å². The van der Waals surface area contributed by atoms with E-state index in [0.29, 0.717) is 22.6 Å². The molecule has 1 aliphatic heterocycles. The number of amides is 1. The van der Waals surface area contributed by atoms with E-state index in [1.54, 1.807) is 24.3 Å². The van der Waals surface area contributed by atoms with Crippen LogP contribution in [0.1, 0.15) is 10.4 Å². The SMILES string of the molecule is O=C1Nc2cc([N+](=O)[O-])ccc2Nc2ccccc21. The maximum atomic E-state index is 12.0. The van der Waals surface area contributed by atoms with Crippen LogP contribution in [0, 0.1) is 10.1 Å². The highest BCUT2D eigenvalue weighted by Crippen LogP contribution is 2.34. The lowest BCUT2D eigenvalue weighted by Crippen LogP contribution is -2.10. The van der Waals surface area contributed by atoms with Gasteiger partial charge in [-0.2, -0.15) is 0 Å². The van der Waals surface area contributed by atoms with Crippen LogP contribution in [0.15, 0.2) is 42.5 Å². The van der Waals surface area contributed by atoms with Gasteiger partial charge in [0.25, 0.3) is 11.6 Å². The van der Waals surface area contributed by atoms with E-state index in [4.69, 9.17) is 0 Å². The van der Waals surface area contributed by atoms with E-state index in [1.807, 2.05) is 6.07 Å². The van der Waals surface area contributed by atoms with Crippen molar-refractivity contribution in [3.05, 3.63) is 58.1 Å². The van der Waals surface area contributed by atoms with Gasteiger partial charge in [-0.25, -0.2) is 0 Å². The molecule has 1 aliphatic rings. The van der Waals surface area contributed by atoms with Crippen LogP contribution in [0.5, 0.6) is 0 Å². The maximum absolute atomic E-state index is 12.0. The quantitative estimate of drug-likeness (QED) is 0.606. The van der Waals surface area contributed by atoms with Crippen LogP contribution in [0.3, 0.4) is 0 Å². The highest BCUT2D eigenvalue weighted by Gasteiger charge is 2.20. The molecular formula is C13H9N3O3. The number of nitro groups is 1. The van der Waals surface area contributed by atoms with Crippen LogP contribution < -0.4 is 10.6 Å². The second kappa shape index (κ2) is 4.09. The van der Waals surface area contributed by atoms with Gasteiger partial charge in [-0.1, -0.05) is 12.1 Å². The lowest BCUT2D eigenvalue weighted by atomic mass is 10.1. The Kier molecular flexibility index (Phi) is 2.42. The molecule has 2 aromatic carbocycles. The van der Waals surface area contributed by atoms with Crippen molar-refractivity contribution in [2.45, 2.75) is 0 Å². The molecule has 3 rings (SSSR count). The first-order valence-corrected chi connectivity index (χ1v) is 5.61. The zero-order valence-corrected chi connectivity index (χ0v) is 9.71. The van der Waals surface area contributed by atoms with Crippen LogP contribution in [0.4, 0.5) is 22.7 Å². The highest BCUT2D eigenvalue weighted by atomic mass is 16.6. The lowest BCUT2D eigenvalue weighted by molar-refractivity contribution is -0.384. The fourth-order valence-electron chi connectivity index (χ4n) is 1.98. The average molecular weight is 255 g/mol. The molecule has 6 heteroatoms. The van der Waals surface area contributed by atoms with Crippen LogP contribution in [-0.4, -0.2) is 10.8 Å². The largest absolute Gasteiger partial charge is 0.353 e. The third kappa shape index (κ3) is 1.89. The summed E-state index contributed by atoms with van der Waals surface area (Å²) in [6.45, 7) is 0. The van der Waals surface area contributed by atoms with Gasteiger partial charge >= 0.3 is 0 Å². The van der Waals surface area contributed by atoms with Crippen LogP contribution >= 0.6 is 0 Å². The molecule has 2 aromatic rings. The van der Waals surface area contributed by atoms with Crippen molar-refractivity contribution in [1.29, 1.82) is 0 Å².